The van der Waals surface area contributed by atoms with Crippen LogP contribution in [0.15, 0.2) is 12.2 Å². The zero-order valence-corrected chi connectivity index (χ0v) is 9.63. The number of carbonyl (C=O) groups excluding carboxylic acids is 1. The normalized spacial score (nSPS) is 14.4. The molecule has 0 aliphatic heterocycles. The van der Waals surface area contributed by atoms with Crippen molar-refractivity contribution in [3.05, 3.63) is 12.2 Å². The average molecular weight is 198 g/mol. The van der Waals surface area contributed by atoms with Gasteiger partial charge < -0.3 is 11.1 Å². The van der Waals surface area contributed by atoms with Crippen molar-refractivity contribution in [3.8, 4) is 0 Å². The van der Waals surface area contributed by atoms with Crippen LogP contribution in [0.5, 0.6) is 0 Å². The van der Waals surface area contributed by atoms with Gasteiger partial charge in [0.25, 0.3) is 0 Å². The standard InChI is InChI=1S/C11H22N2O/c1-5-6-7-8-13-10(14)9(12)11(2,3)4/h5-6,9H,7-8,12H2,1-4H3,(H,13,14)/b6-5+/t9-/m0/s1. The van der Waals surface area contributed by atoms with Crippen LogP contribution in [0.4, 0.5) is 0 Å². The quantitative estimate of drug-likeness (QED) is 0.530. The maximum absolute atomic E-state index is 11.5. The van der Waals surface area contributed by atoms with Gasteiger partial charge in [0, 0.05) is 6.54 Å². The molecule has 3 N–H and O–H groups in total. The number of hydrogen-bond donors (Lipinski definition) is 2. The first-order valence-corrected chi connectivity index (χ1v) is 5.04. The summed E-state index contributed by atoms with van der Waals surface area (Å²) < 4.78 is 0. The van der Waals surface area contributed by atoms with E-state index in [1.807, 2.05) is 39.8 Å². The van der Waals surface area contributed by atoms with Crippen molar-refractivity contribution in [1.29, 1.82) is 0 Å². The van der Waals surface area contributed by atoms with Crippen LogP contribution < -0.4 is 11.1 Å². The van der Waals surface area contributed by atoms with Crippen LogP contribution in [0.25, 0.3) is 0 Å². The molecule has 0 aliphatic rings. The van der Waals surface area contributed by atoms with E-state index < -0.39 is 6.04 Å². The topological polar surface area (TPSA) is 55.1 Å². The second kappa shape index (κ2) is 5.81. The van der Waals surface area contributed by atoms with Crippen molar-refractivity contribution in [1.82, 2.24) is 5.32 Å². The fourth-order valence-electron chi connectivity index (χ4n) is 0.949. The van der Waals surface area contributed by atoms with Crippen molar-refractivity contribution < 1.29 is 4.79 Å². The van der Waals surface area contributed by atoms with Gasteiger partial charge in [-0.1, -0.05) is 32.9 Å². The summed E-state index contributed by atoms with van der Waals surface area (Å²) in [6.45, 7) is 8.51. The average Bonchev–Trinajstić information content (AvgIpc) is 2.09. The number of amides is 1. The Morgan fingerprint density at radius 1 is 1.50 bits per heavy atom. The van der Waals surface area contributed by atoms with Gasteiger partial charge in [0.2, 0.25) is 5.91 Å². The van der Waals surface area contributed by atoms with Crippen molar-refractivity contribution in [2.24, 2.45) is 11.1 Å². The van der Waals surface area contributed by atoms with Gasteiger partial charge in [0.15, 0.2) is 0 Å². The molecule has 0 heterocycles. The first-order chi connectivity index (χ1) is 6.39. The summed E-state index contributed by atoms with van der Waals surface area (Å²) in [7, 11) is 0. The largest absolute Gasteiger partial charge is 0.354 e. The van der Waals surface area contributed by atoms with Gasteiger partial charge in [-0.05, 0) is 18.8 Å². The molecule has 0 aromatic heterocycles. The highest BCUT2D eigenvalue weighted by atomic mass is 16.2. The minimum absolute atomic E-state index is 0.0676. The molecule has 3 heteroatoms. The Balaban J connectivity index is 3.85. The maximum atomic E-state index is 11.5. The predicted octanol–water partition coefficient (Wildman–Crippen LogP) is 1.44. The van der Waals surface area contributed by atoms with Crippen LogP contribution in [0, 0.1) is 5.41 Å². The lowest BCUT2D eigenvalue weighted by Gasteiger charge is -2.25. The Bertz CT molecular complexity index is 204. The summed E-state index contributed by atoms with van der Waals surface area (Å²) in [6, 6.07) is -0.437. The molecule has 0 unspecified atom stereocenters. The molecule has 0 aromatic carbocycles. The van der Waals surface area contributed by atoms with Gasteiger partial charge >= 0.3 is 0 Å². The molecule has 0 saturated heterocycles. The number of nitrogens with two attached hydrogens (primary N) is 1. The molecule has 0 bridgehead atoms. The van der Waals surface area contributed by atoms with Gasteiger partial charge in [-0.3, -0.25) is 4.79 Å². The van der Waals surface area contributed by atoms with Crippen molar-refractivity contribution in [3.63, 3.8) is 0 Å². The molecule has 14 heavy (non-hydrogen) atoms. The van der Waals surface area contributed by atoms with Crippen LogP contribution in [-0.2, 0) is 4.79 Å². The third-order valence-corrected chi connectivity index (χ3v) is 2.06. The highest BCUT2D eigenvalue weighted by Crippen LogP contribution is 2.16. The minimum Gasteiger partial charge on any atom is -0.354 e. The fraction of sp³-hybridized carbons (Fsp3) is 0.727. The Hall–Kier alpha value is -0.830. The molecule has 0 saturated carbocycles. The summed E-state index contributed by atoms with van der Waals surface area (Å²) in [5.41, 5.74) is 5.60. The van der Waals surface area contributed by atoms with E-state index in [4.69, 9.17) is 5.73 Å². The molecule has 0 fully saturated rings. The van der Waals surface area contributed by atoms with Crippen LogP contribution >= 0.6 is 0 Å². The Kier molecular flexibility index (Phi) is 5.46. The first kappa shape index (κ1) is 13.2. The Morgan fingerprint density at radius 2 is 2.07 bits per heavy atom. The van der Waals surface area contributed by atoms with E-state index in [1.54, 1.807) is 0 Å². The third-order valence-electron chi connectivity index (χ3n) is 2.06. The predicted molar refractivity (Wildman–Crippen MR) is 59.9 cm³/mol. The lowest BCUT2D eigenvalue weighted by molar-refractivity contribution is -0.124. The van der Waals surface area contributed by atoms with Gasteiger partial charge in [0.05, 0.1) is 6.04 Å². The molecule has 0 spiro atoms. The third kappa shape index (κ3) is 5.02. The highest BCUT2D eigenvalue weighted by Gasteiger charge is 2.26. The summed E-state index contributed by atoms with van der Waals surface area (Å²) >= 11 is 0. The molecular weight excluding hydrogens is 176 g/mol. The lowest BCUT2D eigenvalue weighted by atomic mass is 9.87. The number of allylic oxidation sites excluding steroid dienone is 1. The minimum atomic E-state index is -0.437. The molecule has 1 atom stereocenters. The fourth-order valence-corrected chi connectivity index (χ4v) is 0.949. The van der Waals surface area contributed by atoms with Gasteiger partial charge in [-0.2, -0.15) is 0 Å². The Morgan fingerprint density at radius 3 is 2.50 bits per heavy atom. The lowest BCUT2D eigenvalue weighted by Crippen LogP contribution is -2.48. The van der Waals surface area contributed by atoms with E-state index in [0.717, 1.165) is 6.42 Å². The van der Waals surface area contributed by atoms with Gasteiger partial charge in [0.1, 0.15) is 0 Å². The Labute approximate surface area is 86.8 Å². The summed E-state index contributed by atoms with van der Waals surface area (Å²) in [5.74, 6) is -0.0676. The first-order valence-electron chi connectivity index (χ1n) is 5.04. The molecule has 0 aromatic rings. The molecule has 1 amide bonds. The van der Waals surface area contributed by atoms with E-state index in [2.05, 4.69) is 5.32 Å². The molecule has 0 rings (SSSR count). The monoisotopic (exact) mass is 198 g/mol. The molecular formula is C11H22N2O. The second-order valence-electron chi connectivity index (χ2n) is 4.49. The molecule has 0 aliphatic carbocycles. The summed E-state index contributed by atoms with van der Waals surface area (Å²) in [6.07, 6.45) is 4.85. The SMILES string of the molecule is C/C=C/CCNC(=O)[C@H](N)C(C)(C)C. The number of rotatable bonds is 4. The van der Waals surface area contributed by atoms with Crippen LogP contribution in [-0.4, -0.2) is 18.5 Å². The molecule has 0 radical (unpaired) electrons. The van der Waals surface area contributed by atoms with Crippen LogP contribution in [0.3, 0.4) is 0 Å². The van der Waals surface area contributed by atoms with Gasteiger partial charge in [-0.25, -0.2) is 0 Å². The van der Waals surface area contributed by atoms with E-state index in [1.165, 1.54) is 0 Å². The van der Waals surface area contributed by atoms with Gasteiger partial charge in [-0.15, -0.1) is 0 Å². The highest BCUT2D eigenvalue weighted by molar-refractivity contribution is 5.82. The van der Waals surface area contributed by atoms with Crippen LogP contribution in [0.2, 0.25) is 0 Å². The maximum Gasteiger partial charge on any atom is 0.237 e. The number of carbonyl (C=O) groups is 1. The zero-order chi connectivity index (χ0) is 11.2. The van der Waals surface area contributed by atoms with Crippen molar-refractivity contribution in [2.45, 2.75) is 40.2 Å². The van der Waals surface area contributed by atoms with E-state index in [9.17, 15) is 4.79 Å². The zero-order valence-electron chi connectivity index (χ0n) is 9.63. The molecule has 82 valence electrons. The van der Waals surface area contributed by atoms with E-state index in [0.29, 0.717) is 6.54 Å². The molecule has 3 nitrogen and oxygen atoms in total. The smallest absolute Gasteiger partial charge is 0.237 e. The van der Waals surface area contributed by atoms with E-state index >= 15 is 0 Å². The summed E-state index contributed by atoms with van der Waals surface area (Å²) in [5, 5.41) is 2.81. The van der Waals surface area contributed by atoms with Crippen molar-refractivity contribution >= 4 is 5.91 Å². The van der Waals surface area contributed by atoms with Crippen LogP contribution in [0.1, 0.15) is 34.1 Å². The second-order valence-corrected chi connectivity index (χ2v) is 4.49. The number of nitrogens with one attached hydrogen (secondary N) is 1. The summed E-state index contributed by atoms with van der Waals surface area (Å²) in [4.78, 5) is 11.5. The van der Waals surface area contributed by atoms with E-state index in [-0.39, 0.29) is 11.3 Å². The number of hydrogen-bond acceptors (Lipinski definition) is 2. The van der Waals surface area contributed by atoms with Crippen molar-refractivity contribution in [2.75, 3.05) is 6.54 Å².